The Balaban J connectivity index is 2.21. The van der Waals surface area contributed by atoms with Crippen molar-refractivity contribution in [2.75, 3.05) is 24.2 Å². The van der Waals surface area contributed by atoms with Crippen LogP contribution in [0.5, 0.6) is 0 Å². The number of sulfonamides is 1. The van der Waals surface area contributed by atoms with Gasteiger partial charge in [0, 0.05) is 26.6 Å². The van der Waals surface area contributed by atoms with E-state index >= 15 is 0 Å². The molecule has 2 aromatic carbocycles. The molecule has 0 fully saturated rings. The van der Waals surface area contributed by atoms with Crippen LogP contribution in [-0.4, -0.2) is 51.0 Å². The molecule has 0 aliphatic heterocycles. The minimum Gasteiger partial charge on any atom is -0.357 e. The number of nitrogens with zero attached hydrogens (tertiary/aromatic N) is 2. The van der Waals surface area contributed by atoms with Crippen LogP contribution in [0.25, 0.3) is 0 Å². The van der Waals surface area contributed by atoms with E-state index in [0.29, 0.717) is 25.1 Å². The van der Waals surface area contributed by atoms with Crippen LogP contribution in [0.1, 0.15) is 42.9 Å². The van der Waals surface area contributed by atoms with Crippen molar-refractivity contribution >= 4 is 27.5 Å². The third-order valence-corrected chi connectivity index (χ3v) is 6.95. The average molecular weight is 474 g/mol. The summed E-state index contributed by atoms with van der Waals surface area (Å²) in [6.45, 7) is 6.22. The highest BCUT2D eigenvalue weighted by molar-refractivity contribution is 7.92. The van der Waals surface area contributed by atoms with Crippen LogP contribution in [0.2, 0.25) is 0 Å². The van der Waals surface area contributed by atoms with E-state index in [1.54, 1.807) is 24.1 Å². The molecule has 0 saturated carbocycles. The molecule has 0 aliphatic rings. The predicted molar refractivity (Wildman–Crippen MR) is 132 cm³/mol. The number of likely N-dealkylation sites (N-methyl/N-ethyl adjacent to an activating group) is 1. The molecule has 2 amide bonds. The van der Waals surface area contributed by atoms with Gasteiger partial charge in [-0.3, -0.25) is 13.9 Å². The highest BCUT2D eigenvalue weighted by Crippen LogP contribution is 2.23. The second-order valence-corrected chi connectivity index (χ2v) is 10.1. The molecule has 0 radical (unpaired) electrons. The third kappa shape index (κ3) is 7.05. The quantitative estimate of drug-likeness (QED) is 0.542. The molecule has 7 nitrogen and oxygen atoms in total. The summed E-state index contributed by atoms with van der Waals surface area (Å²) in [6.07, 6.45) is 2.13. The maximum Gasteiger partial charge on any atom is 0.242 e. The lowest BCUT2D eigenvalue weighted by atomic mass is 10.1. The van der Waals surface area contributed by atoms with E-state index in [0.717, 1.165) is 16.7 Å². The summed E-state index contributed by atoms with van der Waals surface area (Å²) in [4.78, 5) is 27.4. The lowest BCUT2D eigenvalue weighted by Crippen LogP contribution is -2.48. The van der Waals surface area contributed by atoms with E-state index in [4.69, 9.17) is 0 Å². The molecule has 0 aliphatic carbocycles. The van der Waals surface area contributed by atoms with Crippen molar-refractivity contribution in [3.63, 3.8) is 0 Å². The van der Waals surface area contributed by atoms with Gasteiger partial charge in [-0.25, -0.2) is 8.42 Å². The van der Waals surface area contributed by atoms with Gasteiger partial charge in [0.25, 0.3) is 0 Å². The minimum absolute atomic E-state index is 0.136. The topological polar surface area (TPSA) is 86.8 Å². The van der Waals surface area contributed by atoms with Gasteiger partial charge in [0.05, 0.1) is 11.9 Å². The first-order valence-electron chi connectivity index (χ1n) is 11.2. The number of hydrogen-bond donors (Lipinski definition) is 1. The highest BCUT2D eigenvalue weighted by Gasteiger charge is 2.28. The van der Waals surface area contributed by atoms with Gasteiger partial charge in [-0.05, 0) is 49.4 Å². The van der Waals surface area contributed by atoms with Crippen molar-refractivity contribution in [3.8, 4) is 0 Å². The van der Waals surface area contributed by atoms with Gasteiger partial charge in [-0.2, -0.15) is 0 Å². The summed E-state index contributed by atoms with van der Waals surface area (Å²) in [6, 6.07) is 14.5. The third-order valence-electron chi connectivity index (χ3n) is 5.77. The number of anilines is 1. The van der Waals surface area contributed by atoms with Crippen LogP contribution in [-0.2, 0) is 26.2 Å². The van der Waals surface area contributed by atoms with Crippen molar-refractivity contribution in [1.82, 2.24) is 10.2 Å². The summed E-state index contributed by atoms with van der Waals surface area (Å²) in [5.41, 5.74) is 3.48. The van der Waals surface area contributed by atoms with Gasteiger partial charge in [0.2, 0.25) is 21.8 Å². The standard InChI is InChI=1S/C25H35N3O4S/c1-6-22(25(30)26-4)27(18-21-14-9-7-12-19(21)2)24(29)16-11-17-28(33(5,31)32)23-15-10-8-13-20(23)3/h7-10,12-15,22H,6,11,16-18H2,1-5H3,(H,26,30)/t22-/m0/s1. The van der Waals surface area contributed by atoms with E-state index in [-0.39, 0.29) is 24.8 Å². The Morgan fingerprint density at radius 3 is 2.15 bits per heavy atom. The number of amides is 2. The molecular weight excluding hydrogens is 438 g/mol. The zero-order valence-electron chi connectivity index (χ0n) is 20.2. The summed E-state index contributed by atoms with van der Waals surface area (Å²) in [5, 5.41) is 2.65. The summed E-state index contributed by atoms with van der Waals surface area (Å²) in [5.74, 6) is -0.385. The smallest absolute Gasteiger partial charge is 0.242 e. The van der Waals surface area contributed by atoms with Gasteiger partial charge in [-0.1, -0.05) is 49.4 Å². The largest absolute Gasteiger partial charge is 0.357 e. The lowest BCUT2D eigenvalue weighted by molar-refractivity contribution is -0.141. The van der Waals surface area contributed by atoms with Crippen molar-refractivity contribution in [2.45, 2.75) is 52.6 Å². The maximum absolute atomic E-state index is 13.3. The van der Waals surface area contributed by atoms with E-state index in [1.165, 1.54) is 10.6 Å². The molecule has 33 heavy (non-hydrogen) atoms. The van der Waals surface area contributed by atoms with Crippen LogP contribution in [0.15, 0.2) is 48.5 Å². The molecule has 0 unspecified atom stereocenters. The molecule has 0 bridgehead atoms. The molecule has 1 atom stereocenters. The van der Waals surface area contributed by atoms with E-state index in [2.05, 4.69) is 5.32 Å². The summed E-state index contributed by atoms with van der Waals surface area (Å²) >= 11 is 0. The fraction of sp³-hybridized carbons (Fsp3) is 0.440. The summed E-state index contributed by atoms with van der Waals surface area (Å²) in [7, 11) is -1.94. The molecular formula is C25H35N3O4S. The van der Waals surface area contributed by atoms with Gasteiger partial charge >= 0.3 is 0 Å². The molecule has 2 aromatic rings. The van der Waals surface area contributed by atoms with Crippen molar-refractivity contribution < 1.29 is 18.0 Å². The molecule has 180 valence electrons. The van der Waals surface area contributed by atoms with E-state index < -0.39 is 16.1 Å². The number of para-hydroxylation sites is 1. The lowest BCUT2D eigenvalue weighted by Gasteiger charge is -2.31. The monoisotopic (exact) mass is 473 g/mol. The SMILES string of the molecule is CC[C@@H](C(=O)NC)N(Cc1ccccc1C)C(=O)CCCN(c1ccccc1C)S(C)(=O)=O. The number of rotatable bonds is 11. The highest BCUT2D eigenvalue weighted by atomic mass is 32.2. The molecule has 0 spiro atoms. The zero-order chi connectivity index (χ0) is 24.6. The first-order valence-corrected chi connectivity index (χ1v) is 13.0. The van der Waals surface area contributed by atoms with Gasteiger partial charge < -0.3 is 10.2 Å². The fourth-order valence-electron chi connectivity index (χ4n) is 3.88. The number of carbonyl (C=O) groups is 2. The van der Waals surface area contributed by atoms with E-state index in [9.17, 15) is 18.0 Å². The number of carbonyl (C=O) groups excluding carboxylic acids is 2. The predicted octanol–water partition coefficient (Wildman–Crippen LogP) is 3.40. The average Bonchev–Trinajstić information content (AvgIpc) is 2.77. The Labute approximate surface area is 197 Å². The molecule has 2 rings (SSSR count). The van der Waals surface area contributed by atoms with Crippen LogP contribution in [0.4, 0.5) is 5.69 Å². The Hall–Kier alpha value is -2.87. The van der Waals surface area contributed by atoms with Crippen molar-refractivity contribution in [1.29, 1.82) is 0 Å². The second-order valence-electron chi connectivity index (χ2n) is 8.21. The second kappa shape index (κ2) is 11.8. The molecule has 1 N–H and O–H groups in total. The number of aryl methyl sites for hydroxylation is 2. The summed E-state index contributed by atoms with van der Waals surface area (Å²) < 4.78 is 26.2. The van der Waals surface area contributed by atoms with Gasteiger partial charge in [-0.15, -0.1) is 0 Å². The first kappa shape index (κ1) is 26.4. The number of nitrogens with one attached hydrogen (secondary N) is 1. The number of benzene rings is 2. The van der Waals surface area contributed by atoms with Crippen LogP contribution in [0, 0.1) is 13.8 Å². The molecule has 8 heteroatoms. The van der Waals surface area contributed by atoms with Crippen LogP contribution < -0.4 is 9.62 Å². The molecule has 0 saturated heterocycles. The Bertz CT molecular complexity index is 1070. The van der Waals surface area contributed by atoms with Crippen LogP contribution in [0.3, 0.4) is 0 Å². The number of hydrogen-bond acceptors (Lipinski definition) is 4. The Kier molecular flexibility index (Phi) is 9.46. The van der Waals surface area contributed by atoms with Crippen molar-refractivity contribution in [3.05, 3.63) is 65.2 Å². The zero-order valence-corrected chi connectivity index (χ0v) is 21.0. The molecule has 0 aromatic heterocycles. The van der Waals surface area contributed by atoms with Crippen LogP contribution >= 0.6 is 0 Å². The Morgan fingerprint density at radius 2 is 1.61 bits per heavy atom. The maximum atomic E-state index is 13.3. The van der Waals surface area contributed by atoms with Gasteiger partial charge in [0.1, 0.15) is 6.04 Å². The normalized spacial score (nSPS) is 12.2. The fourth-order valence-corrected chi connectivity index (χ4v) is 4.91. The van der Waals surface area contributed by atoms with E-state index in [1.807, 2.05) is 57.2 Å². The van der Waals surface area contributed by atoms with Gasteiger partial charge in [0.15, 0.2) is 0 Å². The minimum atomic E-state index is -3.51. The molecule has 0 heterocycles. The Morgan fingerprint density at radius 1 is 1.00 bits per heavy atom. The van der Waals surface area contributed by atoms with Crippen molar-refractivity contribution in [2.24, 2.45) is 0 Å². The first-order chi connectivity index (χ1) is 15.6.